The zero-order valence-corrected chi connectivity index (χ0v) is 15.0. The molecule has 10 heteroatoms. The minimum atomic E-state index is -0.684. The molecule has 28 heavy (non-hydrogen) atoms. The third kappa shape index (κ3) is 3.59. The fourth-order valence-electron chi connectivity index (χ4n) is 3.18. The highest BCUT2D eigenvalue weighted by Gasteiger charge is 2.33. The predicted molar refractivity (Wildman–Crippen MR) is 94.3 cm³/mol. The Morgan fingerprint density at radius 3 is 2.57 bits per heavy atom. The first-order chi connectivity index (χ1) is 13.6. The quantitative estimate of drug-likeness (QED) is 0.713. The molecule has 0 bridgehead atoms. The van der Waals surface area contributed by atoms with Gasteiger partial charge in [-0.15, -0.1) is 5.10 Å². The normalized spacial score (nSPS) is 18.5. The topological polar surface area (TPSA) is 114 Å². The SMILES string of the molecule is N#Cc1ncn(CC(=O)N2CCN(C(=O)[C@@H]3COc4ccccc4O3)CC2)n1. The molecule has 10 nitrogen and oxygen atoms in total. The minimum Gasteiger partial charge on any atom is -0.485 e. The highest BCUT2D eigenvalue weighted by atomic mass is 16.6. The van der Waals surface area contributed by atoms with Crippen LogP contribution in [0.3, 0.4) is 0 Å². The molecule has 1 atom stereocenters. The summed E-state index contributed by atoms with van der Waals surface area (Å²) in [6, 6.07) is 9.07. The highest BCUT2D eigenvalue weighted by Crippen LogP contribution is 2.31. The van der Waals surface area contributed by atoms with Gasteiger partial charge in [-0.3, -0.25) is 9.59 Å². The van der Waals surface area contributed by atoms with Crippen molar-refractivity contribution in [2.75, 3.05) is 32.8 Å². The van der Waals surface area contributed by atoms with E-state index in [1.165, 1.54) is 11.0 Å². The van der Waals surface area contributed by atoms with E-state index in [2.05, 4.69) is 10.1 Å². The summed E-state index contributed by atoms with van der Waals surface area (Å²) in [6.45, 7) is 1.88. The summed E-state index contributed by atoms with van der Waals surface area (Å²) in [5.41, 5.74) is 0. The Morgan fingerprint density at radius 1 is 1.14 bits per heavy atom. The van der Waals surface area contributed by atoms with Crippen molar-refractivity contribution >= 4 is 11.8 Å². The summed E-state index contributed by atoms with van der Waals surface area (Å²) in [5.74, 6) is 0.948. The van der Waals surface area contributed by atoms with Gasteiger partial charge in [0.05, 0.1) is 0 Å². The van der Waals surface area contributed by atoms with Crippen LogP contribution in [0.2, 0.25) is 0 Å². The Bertz CT molecular complexity index is 928. The Morgan fingerprint density at radius 2 is 1.86 bits per heavy atom. The number of hydrogen-bond donors (Lipinski definition) is 0. The van der Waals surface area contributed by atoms with Crippen LogP contribution < -0.4 is 9.47 Å². The van der Waals surface area contributed by atoms with Crippen LogP contribution in [0, 0.1) is 11.3 Å². The van der Waals surface area contributed by atoms with Crippen molar-refractivity contribution in [2.45, 2.75) is 12.6 Å². The number of amides is 2. The van der Waals surface area contributed by atoms with E-state index in [9.17, 15) is 9.59 Å². The maximum absolute atomic E-state index is 12.7. The van der Waals surface area contributed by atoms with Gasteiger partial charge in [0.25, 0.3) is 11.7 Å². The van der Waals surface area contributed by atoms with Gasteiger partial charge < -0.3 is 19.3 Å². The van der Waals surface area contributed by atoms with Gasteiger partial charge in [-0.05, 0) is 12.1 Å². The molecule has 1 aromatic carbocycles. The van der Waals surface area contributed by atoms with E-state index >= 15 is 0 Å². The molecule has 2 amide bonds. The number of para-hydroxylation sites is 2. The average Bonchev–Trinajstić information content (AvgIpc) is 3.20. The van der Waals surface area contributed by atoms with Crippen molar-refractivity contribution in [3.8, 4) is 17.6 Å². The fourth-order valence-corrected chi connectivity index (χ4v) is 3.18. The molecule has 0 unspecified atom stereocenters. The van der Waals surface area contributed by atoms with Gasteiger partial charge >= 0.3 is 0 Å². The highest BCUT2D eigenvalue weighted by molar-refractivity contribution is 5.82. The summed E-state index contributed by atoms with van der Waals surface area (Å²) in [6.07, 6.45) is 0.672. The molecule has 1 fully saturated rings. The first kappa shape index (κ1) is 17.8. The fraction of sp³-hybridized carbons (Fsp3) is 0.389. The average molecular weight is 382 g/mol. The molecule has 0 aliphatic carbocycles. The number of aromatic nitrogens is 3. The molecule has 2 aromatic rings. The van der Waals surface area contributed by atoms with Crippen molar-refractivity contribution < 1.29 is 19.1 Å². The maximum Gasteiger partial charge on any atom is 0.267 e. The van der Waals surface area contributed by atoms with E-state index in [1.807, 2.05) is 18.2 Å². The molecule has 4 rings (SSSR count). The second-order valence-electron chi connectivity index (χ2n) is 6.45. The summed E-state index contributed by atoms with van der Waals surface area (Å²) >= 11 is 0. The molecule has 144 valence electrons. The summed E-state index contributed by atoms with van der Waals surface area (Å²) < 4.78 is 12.7. The molecular weight excluding hydrogens is 364 g/mol. The number of benzene rings is 1. The van der Waals surface area contributed by atoms with E-state index in [0.717, 1.165) is 0 Å². The van der Waals surface area contributed by atoms with Gasteiger partial charge in [0.15, 0.2) is 11.5 Å². The van der Waals surface area contributed by atoms with Crippen LogP contribution in [0.25, 0.3) is 0 Å². The smallest absolute Gasteiger partial charge is 0.267 e. The summed E-state index contributed by atoms with van der Waals surface area (Å²) in [5, 5.41) is 12.6. The second kappa shape index (κ2) is 7.56. The van der Waals surface area contributed by atoms with E-state index in [4.69, 9.17) is 14.7 Å². The van der Waals surface area contributed by atoms with Crippen LogP contribution in [0.1, 0.15) is 5.82 Å². The van der Waals surface area contributed by atoms with Crippen LogP contribution >= 0.6 is 0 Å². The van der Waals surface area contributed by atoms with Crippen molar-refractivity contribution in [1.82, 2.24) is 24.6 Å². The summed E-state index contributed by atoms with van der Waals surface area (Å²) in [4.78, 5) is 32.3. The second-order valence-corrected chi connectivity index (χ2v) is 6.45. The lowest BCUT2D eigenvalue weighted by atomic mass is 10.2. The van der Waals surface area contributed by atoms with Gasteiger partial charge in [0.2, 0.25) is 12.0 Å². The van der Waals surface area contributed by atoms with E-state index in [0.29, 0.717) is 37.7 Å². The first-order valence-electron chi connectivity index (χ1n) is 8.88. The van der Waals surface area contributed by atoms with Crippen LogP contribution in [0.15, 0.2) is 30.6 Å². The lowest BCUT2D eigenvalue weighted by Gasteiger charge is -2.37. The number of carbonyl (C=O) groups is 2. The predicted octanol–water partition coefficient (Wildman–Crippen LogP) is -0.339. The van der Waals surface area contributed by atoms with Crippen molar-refractivity contribution in [3.05, 3.63) is 36.4 Å². The Hall–Kier alpha value is -3.61. The van der Waals surface area contributed by atoms with Gasteiger partial charge in [-0.1, -0.05) is 12.1 Å². The van der Waals surface area contributed by atoms with Gasteiger partial charge in [-0.2, -0.15) is 5.26 Å². The van der Waals surface area contributed by atoms with Crippen molar-refractivity contribution in [1.29, 1.82) is 5.26 Å². The number of hydrogen-bond acceptors (Lipinski definition) is 7. The molecule has 0 spiro atoms. The molecule has 3 heterocycles. The van der Waals surface area contributed by atoms with Crippen molar-refractivity contribution in [2.24, 2.45) is 0 Å². The van der Waals surface area contributed by atoms with Crippen molar-refractivity contribution in [3.63, 3.8) is 0 Å². The third-order valence-electron chi connectivity index (χ3n) is 4.66. The van der Waals surface area contributed by atoms with Gasteiger partial charge in [0, 0.05) is 26.2 Å². The number of carbonyl (C=O) groups excluding carboxylic acids is 2. The molecule has 1 saturated heterocycles. The molecular formula is C18H18N6O4. The number of rotatable bonds is 3. The number of ether oxygens (including phenoxy) is 2. The largest absolute Gasteiger partial charge is 0.485 e. The first-order valence-corrected chi connectivity index (χ1v) is 8.88. The molecule has 1 aromatic heterocycles. The monoisotopic (exact) mass is 382 g/mol. The Labute approximate surface area is 160 Å². The lowest BCUT2D eigenvalue weighted by molar-refractivity contribution is -0.146. The molecule has 2 aliphatic heterocycles. The van der Waals surface area contributed by atoms with E-state index < -0.39 is 6.10 Å². The maximum atomic E-state index is 12.7. The van der Waals surface area contributed by atoms with Gasteiger partial charge in [0.1, 0.15) is 25.5 Å². The Balaban J connectivity index is 1.29. The molecule has 0 saturated carbocycles. The van der Waals surface area contributed by atoms with E-state index in [1.54, 1.807) is 21.9 Å². The zero-order chi connectivity index (χ0) is 19.5. The molecule has 0 radical (unpaired) electrons. The zero-order valence-electron chi connectivity index (χ0n) is 15.0. The van der Waals surface area contributed by atoms with Crippen LogP contribution in [0.5, 0.6) is 11.5 Å². The standard InChI is InChI=1S/C18H18N6O4/c19-9-16-20-12-24(21-16)10-17(25)22-5-7-23(8-6-22)18(26)15-11-27-13-3-1-2-4-14(13)28-15/h1-4,12,15H,5-8,10-11H2/t15-/m0/s1. The molecule has 2 aliphatic rings. The number of nitriles is 1. The number of piperazine rings is 1. The van der Waals surface area contributed by atoms with E-state index in [-0.39, 0.29) is 30.8 Å². The minimum absolute atomic E-state index is 0.0129. The molecule has 0 N–H and O–H groups in total. The lowest BCUT2D eigenvalue weighted by Crippen LogP contribution is -2.55. The van der Waals surface area contributed by atoms with Crippen LogP contribution in [-0.2, 0) is 16.1 Å². The summed E-state index contributed by atoms with van der Waals surface area (Å²) in [7, 11) is 0. The Kier molecular flexibility index (Phi) is 4.80. The van der Waals surface area contributed by atoms with Crippen LogP contribution in [0.4, 0.5) is 0 Å². The van der Waals surface area contributed by atoms with Gasteiger partial charge in [-0.25, -0.2) is 9.67 Å². The van der Waals surface area contributed by atoms with Crippen LogP contribution in [-0.4, -0.2) is 75.3 Å². The number of nitrogens with zero attached hydrogens (tertiary/aromatic N) is 6. The number of fused-ring (bicyclic) bond motifs is 1. The third-order valence-corrected chi connectivity index (χ3v) is 4.66.